The van der Waals surface area contributed by atoms with Crippen molar-refractivity contribution in [2.75, 3.05) is 43.4 Å². The van der Waals surface area contributed by atoms with Crippen molar-refractivity contribution in [1.29, 1.82) is 0 Å². The van der Waals surface area contributed by atoms with Crippen molar-refractivity contribution in [3.8, 4) is 11.3 Å². The molecule has 2 heterocycles. The largest absolute Gasteiger partial charge is 0.367 e. The molecule has 23 heavy (non-hydrogen) atoms. The van der Waals surface area contributed by atoms with Crippen molar-refractivity contribution < 1.29 is 0 Å². The minimum atomic E-state index is 0.592. The molecule has 120 valence electrons. The van der Waals surface area contributed by atoms with Crippen LogP contribution in [-0.2, 0) is 0 Å². The molecule has 1 aromatic heterocycles. The van der Waals surface area contributed by atoms with E-state index < -0.39 is 0 Å². The number of likely N-dealkylation sites (N-methyl/N-ethyl adjacent to an activating group) is 1. The maximum absolute atomic E-state index is 4.84. The first-order chi connectivity index (χ1) is 11.3. The average Bonchev–Trinajstić information content (AvgIpc) is 3.40. The molecule has 1 saturated heterocycles. The molecule has 0 atom stereocenters. The van der Waals surface area contributed by atoms with Gasteiger partial charge in [-0.1, -0.05) is 30.3 Å². The minimum absolute atomic E-state index is 0.592. The van der Waals surface area contributed by atoms with Crippen LogP contribution in [0, 0.1) is 0 Å². The molecule has 1 aliphatic carbocycles. The van der Waals surface area contributed by atoms with Gasteiger partial charge in [0.25, 0.3) is 0 Å². The van der Waals surface area contributed by atoms with Gasteiger partial charge in [0.05, 0.1) is 5.69 Å². The number of hydrogen-bond donors (Lipinski definition) is 1. The second-order valence-electron chi connectivity index (χ2n) is 6.51. The van der Waals surface area contributed by atoms with Crippen molar-refractivity contribution in [1.82, 2.24) is 14.9 Å². The van der Waals surface area contributed by atoms with Crippen LogP contribution < -0.4 is 10.2 Å². The Morgan fingerprint density at radius 1 is 1.00 bits per heavy atom. The molecule has 4 rings (SSSR count). The highest BCUT2D eigenvalue weighted by Crippen LogP contribution is 2.28. The zero-order valence-corrected chi connectivity index (χ0v) is 13.6. The number of hydrogen-bond acceptors (Lipinski definition) is 5. The molecule has 5 heteroatoms. The Labute approximate surface area is 137 Å². The monoisotopic (exact) mass is 309 g/mol. The summed E-state index contributed by atoms with van der Waals surface area (Å²) >= 11 is 0. The third-order valence-corrected chi connectivity index (χ3v) is 4.50. The van der Waals surface area contributed by atoms with Crippen molar-refractivity contribution in [2.24, 2.45) is 0 Å². The van der Waals surface area contributed by atoms with E-state index in [0.29, 0.717) is 6.04 Å². The van der Waals surface area contributed by atoms with Crippen LogP contribution in [0.2, 0.25) is 0 Å². The fourth-order valence-corrected chi connectivity index (χ4v) is 2.85. The quantitative estimate of drug-likeness (QED) is 0.940. The van der Waals surface area contributed by atoms with E-state index >= 15 is 0 Å². The summed E-state index contributed by atoms with van der Waals surface area (Å²) < 4.78 is 0. The Balaban J connectivity index is 1.66. The van der Waals surface area contributed by atoms with Gasteiger partial charge < -0.3 is 15.1 Å². The van der Waals surface area contributed by atoms with Crippen LogP contribution in [0.4, 0.5) is 11.8 Å². The molecule has 0 spiro atoms. The van der Waals surface area contributed by atoms with Crippen LogP contribution >= 0.6 is 0 Å². The molecule has 1 N–H and O–H groups in total. The summed E-state index contributed by atoms with van der Waals surface area (Å²) in [5.74, 6) is 1.80. The Hall–Kier alpha value is -2.14. The Kier molecular flexibility index (Phi) is 3.87. The number of nitrogens with zero attached hydrogens (tertiary/aromatic N) is 4. The number of aromatic nitrogens is 2. The lowest BCUT2D eigenvalue weighted by Gasteiger charge is -2.32. The van der Waals surface area contributed by atoms with Gasteiger partial charge in [0.15, 0.2) is 0 Å². The first kappa shape index (κ1) is 14.5. The number of anilines is 2. The van der Waals surface area contributed by atoms with Gasteiger partial charge in [-0.2, -0.15) is 4.98 Å². The Morgan fingerprint density at radius 3 is 2.43 bits per heavy atom. The molecule has 5 nitrogen and oxygen atoms in total. The first-order valence-electron chi connectivity index (χ1n) is 8.42. The SMILES string of the molecule is CN1CCN(c2nc(NC3CC3)cc(-c3ccccc3)n2)CC1. The summed E-state index contributed by atoms with van der Waals surface area (Å²) in [6, 6.07) is 13.0. The highest BCUT2D eigenvalue weighted by Gasteiger charge is 2.23. The zero-order valence-electron chi connectivity index (χ0n) is 13.6. The number of nitrogens with one attached hydrogen (secondary N) is 1. The molecular weight excluding hydrogens is 286 g/mol. The second kappa shape index (κ2) is 6.16. The maximum atomic E-state index is 4.84. The fourth-order valence-electron chi connectivity index (χ4n) is 2.85. The van der Waals surface area contributed by atoms with Crippen molar-refractivity contribution in [3.05, 3.63) is 36.4 Å². The molecule has 1 saturated carbocycles. The van der Waals surface area contributed by atoms with E-state index in [1.807, 2.05) is 6.07 Å². The minimum Gasteiger partial charge on any atom is -0.367 e. The van der Waals surface area contributed by atoms with Gasteiger partial charge in [-0.05, 0) is 19.9 Å². The van der Waals surface area contributed by atoms with E-state index in [1.54, 1.807) is 0 Å². The molecule has 2 fully saturated rings. The van der Waals surface area contributed by atoms with Crippen LogP contribution in [0.5, 0.6) is 0 Å². The van der Waals surface area contributed by atoms with Crippen molar-refractivity contribution >= 4 is 11.8 Å². The topological polar surface area (TPSA) is 44.3 Å². The van der Waals surface area contributed by atoms with Gasteiger partial charge in [-0.3, -0.25) is 0 Å². The number of piperazine rings is 1. The predicted molar refractivity (Wildman–Crippen MR) is 93.8 cm³/mol. The van der Waals surface area contributed by atoms with E-state index in [9.17, 15) is 0 Å². The summed E-state index contributed by atoms with van der Waals surface area (Å²) in [6.45, 7) is 4.09. The Morgan fingerprint density at radius 2 is 1.74 bits per heavy atom. The lowest BCUT2D eigenvalue weighted by molar-refractivity contribution is 0.311. The molecule has 1 aliphatic heterocycles. The van der Waals surface area contributed by atoms with Gasteiger partial charge in [0.1, 0.15) is 5.82 Å². The molecule has 0 bridgehead atoms. The van der Waals surface area contributed by atoms with Crippen LogP contribution in [0.1, 0.15) is 12.8 Å². The molecule has 0 radical (unpaired) electrons. The van der Waals surface area contributed by atoms with Gasteiger partial charge in [0, 0.05) is 43.9 Å². The highest BCUT2D eigenvalue weighted by atomic mass is 15.3. The molecule has 2 aliphatic rings. The van der Waals surface area contributed by atoms with E-state index in [1.165, 1.54) is 12.8 Å². The molecule has 0 amide bonds. The fraction of sp³-hybridized carbons (Fsp3) is 0.444. The first-order valence-corrected chi connectivity index (χ1v) is 8.42. The molecule has 1 aromatic carbocycles. The Bertz CT molecular complexity index is 660. The van der Waals surface area contributed by atoms with Crippen LogP contribution in [0.3, 0.4) is 0 Å². The van der Waals surface area contributed by atoms with Gasteiger partial charge in [-0.25, -0.2) is 4.98 Å². The normalized spacial score (nSPS) is 18.9. The van der Waals surface area contributed by atoms with Gasteiger partial charge >= 0.3 is 0 Å². The third kappa shape index (κ3) is 3.45. The third-order valence-electron chi connectivity index (χ3n) is 4.50. The highest BCUT2D eigenvalue weighted by molar-refractivity contribution is 5.64. The average molecular weight is 309 g/mol. The zero-order chi connectivity index (χ0) is 15.6. The molecule has 2 aromatic rings. The lowest BCUT2D eigenvalue weighted by Crippen LogP contribution is -2.45. The number of benzene rings is 1. The van der Waals surface area contributed by atoms with Crippen molar-refractivity contribution in [2.45, 2.75) is 18.9 Å². The summed E-state index contributed by atoms with van der Waals surface area (Å²) in [5.41, 5.74) is 2.14. The van der Waals surface area contributed by atoms with E-state index in [-0.39, 0.29) is 0 Å². The van der Waals surface area contributed by atoms with Crippen molar-refractivity contribution in [3.63, 3.8) is 0 Å². The van der Waals surface area contributed by atoms with Crippen LogP contribution in [-0.4, -0.2) is 54.1 Å². The smallest absolute Gasteiger partial charge is 0.227 e. The van der Waals surface area contributed by atoms with E-state index in [2.05, 4.69) is 52.5 Å². The van der Waals surface area contributed by atoms with Crippen LogP contribution in [0.25, 0.3) is 11.3 Å². The van der Waals surface area contributed by atoms with E-state index in [4.69, 9.17) is 9.97 Å². The lowest BCUT2D eigenvalue weighted by atomic mass is 10.1. The predicted octanol–water partition coefficient (Wildman–Crippen LogP) is 2.47. The van der Waals surface area contributed by atoms with Crippen LogP contribution in [0.15, 0.2) is 36.4 Å². The van der Waals surface area contributed by atoms with Gasteiger partial charge in [-0.15, -0.1) is 0 Å². The van der Waals surface area contributed by atoms with E-state index in [0.717, 1.165) is 49.2 Å². The summed E-state index contributed by atoms with van der Waals surface area (Å²) in [6.07, 6.45) is 2.49. The number of rotatable bonds is 4. The maximum Gasteiger partial charge on any atom is 0.227 e. The van der Waals surface area contributed by atoms with Gasteiger partial charge in [0.2, 0.25) is 5.95 Å². The molecular formula is C18H23N5. The molecule has 0 unspecified atom stereocenters. The summed E-state index contributed by atoms with van der Waals surface area (Å²) in [7, 11) is 2.17. The summed E-state index contributed by atoms with van der Waals surface area (Å²) in [5, 5.41) is 3.53. The second-order valence-corrected chi connectivity index (χ2v) is 6.51. The summed E-state index contributed by atoms with van der Waals surface area (Å²) in [4.78, 5) is 14.3. The standard InChI is InChI=1S/C18H23N5/c1-22-9-11-23(12-10-22)18-20-16(14-5-3-2-4-6-14)13-17(21-18)19-15-7-8-15/h2-6,13,15H,7-12H2,1H3,(H,19,20,21).